The van der Waals surface area contributed by atoms with Crippen LogP contribution in [-0.4, -0.2) is 23.2 Å². The lowest BCUT2D eigenvalue weighted by atomic mass is 10.0. The van der Waals surface area contributed by atoms with Crippen LogP contribution in [0.1, 0.15) is 17.5 Å². The fraction of sp³-hybridized carbons (Fsp3) is 0.500. The molecule has 0 fully saturated rings. The van der Waals surface area contributed by atoms with Gasteiger partial charge in [-0.05, 0) is 36.5 Å². The number of alkyl halides is 3. The summed E-state index contributed by atoms with van der Waals surface area (Å²) in [4.78, 5) is 0. The van der Waals surface area contributed by atoms with Crippen LogP contribution >= 0.6 is 11.8 Å². The first-order valence-corrected chi connectivity index (χ1v) is 6.66. The van der Waals surface area contributed by atoms with Crippen molar-refractivity contribution in [2.24, 2.45) is 0 Å². The van der Waals surface area contributed by atoms with E-state index < -0.39 is 17.8 Å². The molecule has 0 spiro atoms. The molecule has 1 atom stereocenters. The summed E-state index contributed by atoms with van der Waals surface area (Å²) in [6.45, 7) is 0. The Kier molecular flexibility index (Phi) is 5.33. The van der Waals surface area contributed by atoms with E-state index in [0.717, 1.165) is 17.9 Å². The largest absolute Gasteiger partial charge is 0.416 e. The lowest BCUT2D eigenvalue weighted by molar-refractivity contribution is -0.137. The molecule has 0 heterocycles. The van der Waals surface area contributed by atoms with Gasteiger partial charge in [0.1, 0.15) is 0 Å². The van der Waals surface area contributed by atoms with Crippen LogP contribution < -0.4 is 0 Å². The number of thioether (sulfide) groups is 1. The van der Waals surface area contributed by atoms with Gasteiger partial charge in [-0.3, -0.25) is 0 Å². The molecule has 0 aliphatic heterocycles. The fourth-order valence-electron chi connectivity index (χ4n) is 1.50. The lowest BCUT2D eigenvalue weighted by Crippen LogP contribution is -2.12. The van der Waals surface area contributed by atoms with E-state index in [1.165, 1.54) is 6.07 Å². The predicted molar refractivity (Wildman–Crippen MR) is 64.2 cm³/mol. The number of hydrogen-bond donors (Lipinski definition) is 1. The van der Waals surface area contributed by atoms with Gasteiger partial charge in [-0.15, -0.1) is 0 Å². The third-order valence-electron chi connectivity index (χ3n) is 2.38. The summed E-state index contributed by atoms with van der Waals surface area (Å²) in [6, 6.07) is 5.12. The number of benzene rings is 1. The standard InChI is InChI=1S/C12H15F3OS/c1-17-6-5-11(16)8-9-3-2-4-10(7-9)12(13,14)15/h2-4,7,11,16H,5-6,8H2,1H3. The lowest BCUT2D eigenvalue weighted by Gasteiger charge is -2.12. The molecule has 0 saturated carbocycles. The Morgan fingerprint density at radius 1 is 1.35 bits per heavy atom. The smallest absolute Gasteiger partial charge is 0.393 e. The highest BCUT2D eigenvalue weighted by Crippen LogP contribution is 2.29. The molecule has 1 aromatic rings. The SMILES string of the molecule is CSCCC(O)Cc1cccc(C(F)(F)F)c1. The summed E-state index contributed by atoms with van der Waals surface area (Å²) in [5.41, 5.74) is -0.138. The van der Waals surface area contributed by atoms with E-state index in [9.17, 15) is 18.3 Å². The van der Waals surface area contributed by atoms with Crippen LogP contribution in [0.5, 0.6) is 0 Å². The minimum absolute atomic E-state index is 0.268. The van der Waals surface area contributed by atoms with Crippen molar-refractivity contribution in [2.75, 3.05) is 12.0 Å². The van der Waals surface area contributed by atoms with Gasteiger partial charge >= 0.3 is 6.18 Å². The van der Waals surface area contributed by atoms with Crippen LogP contribution in [0.4, 0.5) is 13.2 Å². The van der Waals surface area contributed by atoms with Crippen molar-refractivity contribution in [3.05, 3.63) is 35.4 Å². The zero-order valence-corrected chi connectivity index (χ0v) is 10.3. The van der Waals surface area contributed by atoms with E-state index in [-0.39, 0.29) is 6.42 Å². The van der Waals surface area contributed by atoms with E-state index in [2.05, 4.69) is 0 Å². The van der Waals surface area contributed by atoms with Crippen LogP contribution in [0.15, 0.2) is 24.3 Å². The van der Waals surface area contributed by atoms with Gasteiger partial charge in [-0.1, -0.05) is 18.2 Å². The Morgan fingerprint density at radius 2 is 2.06 bits per heavy atom. The van der Waals surface area contributed by atoms with Gasteiger partial charge in [-0.2, -0.15) is 24.9 Å². The van der Waals surface area contributed by atoms with Crippen LogP contribution in [-0.2, 0) is 12.6 Å². The van der Waals surface area contributed by atoms with E-state index >= 15 is 0 Å². The average molecular weight is 264 g/mol. The van der Waals surface area contributed by atoms with E-state index in [4.69, 9.17) is 0 Å². The van der Waals surface area contributed by atoms with Crippen molar-refractivity contribution in [3.63, 3.8) is 0 Å². The van der Waals surface area contributed by atoms with Gasteiger partial charge in [-0.25, -0.2) is 0 Å². The van der Waals surface area contributed by atoms with E-state index in [0.29, 0.717) is 12.0 Å². The van der Waals surface area contributed by atoms with E-state index in [1.54, 1.807) is 17.8 Å². The quantitative estimate of drug-likeness (QED) is 0.880. The van der Waals surface area contributed by atoms with Gasteiger partial charge in [0.25, 0.3) is 0 Å². The minimum Gasteiger partial charge on any atom is -0.393 e. The van der Waals surface area contributed by atoms with E-state index in [1.807, 2.05) is 6.26 Å². The van der Waals surface area contributed by atoms with Gasteiger partial charge in [0.15, 0.2) is 0 Å². The Hall–Kier alpha value is -0.680. The van der Waals surface area contributed by atoms with Gasteiger partial charge in [0, 0.05) is 0 Å². The van der Waals surface area contributed by atoms with Gasteiger partial charge in [0.2, 0.25) is 0 Å². The molecule has 5 heteroatoms. The minimum atomic E-state index is -4.32. The van der Waals surface area contributed by atoms with Crippen molar-refractivity contribution in [1.29, 1.82) is 0 Å². The maximum absolute atomic E-state index is 12.4. The highest BCUT2D eigenvalue weighted by Gasteiger charge is 2.30. The molecule has 0 amide bonds. The van der Waals surface area contributed by atoms with Crippen LogP contribution in [0.25, 0.3) is 0 Å². The molecule has 1 aromatic carbocycles. The fourth-order valence-corrected chi connectivity index (χ4v) is 2.01. The first kappa shape index (κ1) is 14.4. The molecular formula is C12H15F3OS. The van der Waals surface area contributed by atoms with Gasteiger partial charge < -0.3 is 5.11 Å². The maximum atomic E-state index is 12.4. The summed E-state index contributed by atoms with van der Waals surface area (Å²) in [7, 11) is 0. The molecule has 1 nitrogen and oxygen atoms in total. The van der Waals surface area contributed by atoms with Crippen molar-refractivity contribution in [1.82, 2.24) is 0 Å². The second kappa shape index (κ2) is 6.31. The molecular weight excluding hydrogens is 249 g/mol. The molecule has 0 aromatic heterocycles. The van der Waals surface area contributed by atoms with Gasteiger partial charge in [0.05, 0.1) is 11.7 Å². The molecule has 96 valence electrons. The maximum Gasteiger partial charge on any atom is 0.416 e. The third kappa shape index (κ3) is 5.00. The number of rotatable bonds is 5. The van der Waals surface area contributed by atoms with Crippen LogP contribution in [0.2, 0.25) is 0 Å². The van der Waals surface area contributed by atoms with Crippen LogP contribution in [0, 0.1) is 0 Å². The number of aliphatic hydroxyl groups excluding tert-OH is 1. The Bertz CT molecular complexity index is 352. The first-order chi connectivity index (χ1) is 7.93. The molecule has 0 aliphatic rings. The van der Waals surface area contributed by atoms with Crippen molar-refractivity contribution in [3.8, 4) is 0 Å². The summed E-state index contributed by atoms with van der Waals surface area (Å²) < 4.78 is 37.3. The Morgan fingerprint density at radius 3 is 2.65 bits per heavy atom. The summed E-state index contributed by atoms with van der Waals surface area (Å²) in [5.74, 6) is 0.806. The molecule has 0 saturated heterocycles. The predicted octanol–water partition coefficient (Wildman–Crippen LogP) is 3.36. The number of halogens is 3. The molecule has 0 aliphatic carbocycles. The molecule has 0 radical (unpaired) electrons. The summed E-state index contributed by atoms with van der Waals surface area (Å²) in [6.07, 6.45) is -2.11. The van der Waals surface area contributed by atoms with Crippen molar-refractivity contribution >= 4 is 11.8 Å². The normalized spacial score (nSPS) is 13.7. The average Bonchev–Trinajstić information content (AvgIpc) is 2.25. The topological polar surface area (TPSA) is 20.2 Å². The summed E-state index contributed by atoms with van der Waals surface area (Å²) >= 11 is 1.61. The molecule has 0 bridgehead atoms. The molecule has 1 unspecified atom stereocenters. The highest BCUT2D eigenvalue weighted by atomic mass is 32.2. The molecule has 1 rings (SSSR count). The number of hydrogen-bond acceptors (Lipinski definition) is 2. The van der Waals surface area contributed by atoms with Crippen LogP contribution in [0.3, 0.4) is 0 Å². The first-order valence-electron chi connectivity index (χ1n) is 5.26. The number of aliphatic hydroxyl groups is 1. The highest BCUT2D eigenvalue weighted by molar-refractivity contribution is 7.98. The zero-order chi connectivity index (χ0) is 12.9. The second-order valence-corrected chi connectivity index (χ2v) is 4.82. The molecule has 1 N–H and O–H groups in total. The third-order valence-corrected chi connectivity index (χ3v) is 3.02. The Labute approximate surface area is 103 Å². The van der Waals surface area contributed by atoms with Crippen molar-refractivity contribution < 1.29 is 18.3 Å². The van der Waals surface area contributed by atoms with Crippen molar-refractivity contribution in [2.45, 2.75) is 25.1 Å². The zero-order valence-electron chi connectivity index (χ0n) is 9.50. The second-order valence-electron chi connectivity index (χ2n) is 3.84. The molecule has 17 heavy (non-hydrogen) atoms. The monoisotopic (exact) mass is 264 g/mol. The summed E-state index contributed by atoms with van der Waals surface area (Å²) in [5, 5.41) is 9.63. The Balaban J connectivity index is 2.66.